The maximum Gasteiger partial charge on any atom is 0.338 e. The third-order valence-electron chi connectivity index (χ3n) is 3.15. The van der Waals surface area contributed by atoms with Crippen LogP contribution in [-0.4, -0.2) is 23.9 Å². The quantitative estimate of drug-likeness (QED) is 0.641. The number of nitrogens with two attached hydrogens (primary N) is 1. The number of ether oxygens (including phenoxy) is 1. The summed E-state index contributed by atoms with van der Waals surface area (Å²) in [6, 6.07) is 11.6. The second-order valence-corrected chi connectivity index (χ2v) is 5.43. The number of primary amides is 1. The van der Waals surface area contributed by atoms with Crippen LogP contribution in [0.25, 0.3) is 0 Å². The molecule has 0 aliphatic rings. The van der Waals surface area contributed by atoms with Gasteiger partial charge in [-0.1, -0.05) is 17.7 Å². The molecule has 0 unspecified atom stereocenters. The van der Waals surface area contributed by atoms with Crippen LogP contribution in [0.15, 0.2) is 48.5 Å². The molecule has 0 bridgehead atoms. The van der Waals surface area contributed by atoms with Crippen LogP contribution in [0.5, 0.6) is 0 Å². The maximum absolute atomic E-state index is 12.2. The summed E-state index contributed by atoms with van der Waals surface area (Å²) in [5, 5.41) is 2.87. The maximum atomic E-state index is 12.2. The van der Waals surface area contributed by atoms with Crippen molar-refractivity contribution in [3.63, 3.8) is 0 Å². The van der Waals surface area contributed by atoms with Crippen molar-refractivity contribution < 1.29 is 19.1 Å². The Morgan fingerprint density at radius 3 is 2.38 bits per heavy atom. The topological polar surface area (TPSA) is 98.5 Å². The summed E-state index contributed by atoms with van der Waals surface area (Å²) in [6.45, 7) is 1.49. The minimum Gasteiger partial charge on any atom is -0.451 e. The molecular formula is C17H15ClN2O4. The van der Waals surface area contributed by atoms with Crippen LogP contribution < -0.4 is 11.1 Å². The number of carbonyl (C=O) groups is 3. The molecular weight excluding hydrogens is 332 g/mol. The highest BCUT2D eigenvalue weighted by Crippen LogP contribution is 2.15. The highest BCUT2D eigenvalue weighted by Gasteiger charge is 2.20. The number of esters is 1. The summed E-state index contributed by atoms with van der Waals surface area (Å²) >= 11 is 5.78. The lowest BCUT2D eigenvalue weighted by molar-refractivity contribution is 0.0319. The van der Waals surface area contributed by atoms with Gasteiger partial charge in [0.1, 0.15) is 0 Å². The summed E-state index contributed by atoms with van der Waals surface area (Å²) in [7, 11) is 0. The van der Waals surface area contributed by atoms with E-state index in [0.717, 1.165) is 0 Å². The molecule has 1 atom stereocenters. The van der Waals surface area contributed by atoms with E-state index >= 15 is 0 Å². The summed E-state index contributed by atoms with van der Waals surface area (Å²) < 4.78 is 5.18. The zero-order chi connectivity index (χ0) is 17.7. The minimum absolute atomic E-state index is 0.192. The lowest BCUT2D eigenvalue weighted by Gasteiger charge is -2.13. The van der Waals surface area contributed by atoms with Gasteiger partial charge in [0.15, 0.2) is 6.10 Å². The molecule has 0 radical (unpaired) electrons. The molecule has 0 saturated heterocycles. The fourth-order valence-corrected chi connectivity index (χ4v) is 2.12. The number of ketones is 1. The van der Waals surface area contributed by atoms with Gasteiger partial charge in [-0.15, -0.1) is 0 Å². The van der Waals surface area contributed by atoms with Crippen LogP contribution in [0.4, 0.5) is 10.5 Å². The Balaban J connectivity index is 2.07. The first-order chi connectivity index (χ1) is 11.4. The number of benzene rings is 2. The Hall–Kier alpha value is -2.86. The first-order valence-electron chi connectivity index (χ1n) is 7.04. The standard InChI is InChI=1S/C17H15ClN2O4/c1-10(15(21)11-5-7-13(18)8-6-11)24-16(22)12-3-2-4-14(9-12)20-17(19)23/h2-10H,1H3,(H3,19,20,23)/t10-/m1/s1. The third-order valence-corrected chi connectivity index (χ3v) is 3.40. The fraction of sp³-hybridized carbons (Fsp3) is 0.118. The largest absolute Gasteiger partial charge is 0.451 e. The Labute approximate surface area is 143 Å². The van der Waals surface area contributed by atoms with Gasteiger partial charge in [0, 0.05) is 16.3 Å². The molecule has 2 rings (SSSR count). The van der Waals surface area contributed by atoms with Gasteiger partial charge in [-0.3, -0.25) is 4.79 Å². The van der Waals surface area contributed by atoms with Crippen molar-refractivity contribution in [1.29, 1.82) is 0 Å². The van der Waals surface area contributed by atoms with Crippen LogP contribution in [-0.2, 0) is 4.74 Å². The molecule has 2 aromatic rings. The number of rotatable bonds is 5. The van der Waals surface area contributed by atoms with Gasteiger partial charge in [-0.2, -0.15) is 0 Å². The number of hydrogen-bond acceptors (Lipinski definition) is 4. The van der Waals surface area contributed by atoms with E-state index in [0.29, 0.717) is 16.3 Å². The van der Waals surface area contributed by atoms with E-state index in [1.165, 1.54) is 19.1 Å². The summed E-state index contributed by atoms with van der Waals surface area (Å²) in [5.41, 5.74) is 5.97. The van der Waals surface area contributed by atoms with Gasteiger partial charge < -0.3 is 15.8 Å². The van der Waals surface area contributed by atoms with Gasteiger partial charge in [-0.05, 0) is 49.4 Å². The van der Waals surface area contributed by atoms with Crippen molar-refractivity contribution in [1.82, 2.24) is 0 Å². The van der Waals surface area contributed by atoms with Gasteiger partial charge in [0.25, 0.3) is 0 Å². The van der Waals surface area contributed by atoms with E-state index in [1.807, 2.05) is 0 Å². The number of urea groups is 1. The molecule has 3 N–H and O–H groups in total. The lowest BCUT2D eigenvalue weighted by Crippen LogP contribution is -2.24. The van der Waals surface area contributed by atoms with Crippen LogP contribution in [0.1, 0.15) is 27.6 Å². The van der Waals surface area contributed by atoms with Crippen molar-refractivity contribution in [2.24, 2.45) is 5.73 Å². The van der Waals surface area contributed by atoms with Crippen LogP contribution in [0.3, 0.4) is 0 Å². The summed E-state index contributed by atoms with van der Waals surface area (Å²) in [5.74, 6) is -1.02. The Morgan fingerprint density at radius 2 is 1.75 bits per heavy atom. The molecule has 0 aliphatic heterocycles. The number of nitrogens with one attached hydrogen (secondary N) is 1. The molecule has 0 spiro atoms. The van der Waals surface area contributed by atoms with Crippen LogP contribution in [0, 0.1) is 0 Å². The molecule has 0 fully saturated rings. The Bertz CT molecular complexity index is 774. The third kappa shape index (κ3) is 4.57. The number of amides is 2. The number of carbonyl (C=O) groups excluding carboxylic acids is 3. The van der Waals surface area contributed by atoms with Crippen molar-refractivity contribution in [3.8, 4) is 0 Å². The normalized spacial score (nSPS) is 11.4. The molecule has 0 aliphatic carbocycles. The first-order valence-corrected chi connectivity index (χ1v) is 7.42. The van der Waals surface area contributed by atoms with Gasteiger partial charge in [0.2, 0.25) is 5.78 Å². The number of halogens is 1. The molecule has 2 aromatic carbocycles. The first kappa shape index (κ1) is 17.5. The van der Waals surface area contributed by atoms with E-state index in [9.17, 15) is 14.4 Å². The molecule has 2 amide bonds. The molecule has 0 aromatic heterocycles. The van der Waals surface area contributed by atoms with E-state index < -0.39 is 18.1 Å². The number of anilines is 1. The Morgan fingerprint density at radius 1 is 1.08 bits per heavy atom. The van der Waals surface area contributed by atoms with Gasteiger partial charge in [-0.25, -0.2) is 9.59 Å². The zero-order valence-corrected chi connectivity index (χ0v) is 13.5. The summed E-state index contributed by atoms with van der Waals surface area (Å²) in [4.78, 5) is 35.2. The molecule has 6 nitrogen and oxygen atoms in total. The second-order valence-electron chi connectivity index (χ2n) is 4.99. The van der Waals surface area contributed by atoms with Crippen molar-refractivity contribution in [2.75, 3.05) is 5.32 Å². The highest BCUT2D eigenvalue weighted by molar-refractivity contribution is 6.30. The van der Waals surface area contributed by atoms with E-state index in [-0.39, 0.29) is 11.3 Å². The predicted octanol–water partition coefficient (Wildman–Crippen LogP) is 3.26. The van der Waals surface area contributed by atoms with Gasteiger partial charge in [0.05, 0.1) is 5.56 Å². The van der Waals surface area contributed by atoms with Crippen LogP contribution in [0.2, 0.25) is 5.02 Å². The molecule has 0 saturated carbocycles. The summed E-state index contributed by atoms with van der Waals surface area (Å²) in [6.07, 6.45) is -0.966. The molecule has 0 heterocycles. The number of Topliss-reactive ketones (excluding diaryl/α,β-unsaturated/α-hetero) is 1. The molecule has 124 valence electrons. The number of hydrogen-bond donors (Lipinski definition) is 2. The average Bonchev–Trinajstić information content (AvgIpc) is 2.54. The molecule has 7 heteroatoms. The SMILES string of the molecule is C[C@@H](OC(=O)c1cccc(NC(N)=O)c1)C(=O)c1ccc(Cl)cc1. The molecule has 24 heavy (non-hydrogen) atoms. The van der Waals surface area contributed by atoms with Crippen LogP contribution >= 0.6 is 11.6 Å². The van der Waals surface area contributed by atoms with E-state index in [2.05, 4.69) is 5.32 Å². The predicted molar refractivity (Wildman–Crippen MR) is 90.3 cm³/mol. The van der Waals surface area contributed by atoms with Crippen molar-refractivity contribution >= 4 is 35.1 Å². The highest BCUT2D eigenvalue weighted by atomic mass is 35.5. The monoisotopic (exact) mass is 346 g/mol. The van der Waals surface area contributed by atoms with Crippen molar-refractivity contribution in [3.05, 3.63) is 64.7 Å². The van der Waals surface area contributed by atoms with E-state index in [4.69, 9.17) is 22.1 Å². The Kier molecular flexibility index (Phi) is 5.55. The lowest BCUT2D eigenvalue weighted by atomic mass is 10.1. The zero-order valence-electron chi connectivity index (χ0n) is 12.8. The van der Waals surface area contributed by atoms with E-state index in [1.54, 1.807) is 36.4 Å². The van der Waals surface area contributed by atoms with Gasteiger partial charge >= 0.3 is 12.0 Å². The minimum atomic E-state index is -0.966. The second kappa shape index (κ2) is 7.61. The smallest absolute Gasteiger partial charge is 0.338 e. The van der Waals surface area contributed by atoms with Crippen molar-refractivity contribution in [2.45, 2.75) is 13.0 Å². The fourth-order valence-electron chi connectivity index (χ4n) is 2.00. The average molecular weight is 347 g/mol.